The molecule has 1 fully saturated rings. The number of para-hydroxylation sites is 1. The molecule has 7 nitrogen and oxygen atoms in total. The minimum Gasteiger partial charge on any atom is -0.336 e. The number of nitrogens with zero attached hydrogens (tertiary/aromatic N) is 3. The Morgan fingerprint density at radius 3 is 2.59 bits per heavy atom. The van der Waals surface area contributed by atoms with Crippen LogP contribution in [0, 0.1) is 12.3 Å². The fraction of sp³-hybridized carbons (Fsp3) is 0.250. The number of sulfonamides is 1. The maximum Gasteiger partial charge on any atom is 0.253 e. The van der Waals surface area contributed by atoms with Gasteiger partial charge in [-0.15, -0.1) is 6.42 Å². The van der Waals surface area contributed by atoms with Crippen LogP contribution in [0.2, 0.25) is 0 Å². The molecule has 0 bridgehead atoms. The molecule has 1 saturated heterocycles. The van der Waals surface area contributed by atoms with E-state index in [2.05, 4.69) is 38.7 Å². The minimum absolute atomic E-state index is 0.0284. The SMILES string of the molecule is C#CCNS(=O)(=O)c1cccc(C(=O)N2CCN(Cc3cccc4cccnc34)CC2)c1. The highest BCUT2D eigenvalue weighted by molar-refractivity contribution is 7.89. The van der Waals surface area contributed by atoms with Crippen LogP contribution in [-0.2, 0) is 16.6 Å². The molecule has 1 aliphatic rings. The first kappa shape index (κ1) is 22.0. The van der Waals surface area contributed by atoms with E-state index < -0.39 is 10.0 Å². The van der Waals surface area contributed by atoms with Gasteiger partial charge in [0, 0.05) is 49.9 Å². The van der Waals surface area contributed by atoms with Gasteiger partial charge in [0.15, 0.2) is 0 Å². The van der Waals surface area contributed by atoms with Crippen LogP contribution in [0.15, 0.2) is 65.7 Å². The van der Waals surface area contributed by atoms with Gasteiger partial charge in [0.05, 0.1) is 17.0 Å². The first-order valence-corrected chi connectivity index (χ1v) is 11.8. The average Bonchev–Trinajstić information content (AvgIpc) is 2.83. The Labute approximate surface area is 188 Å². The summed E-state index contributed by atoms with van der Waals surface area (Å²) in [7, 11) is -3.75. The second kappa shape index (κ2) is 9.49. The van der Waals surface area contributed by atoms with Crippen LogP contribution in [0.1, 0.15) is 15.9 Å². The fourth-order valence-electron chi connectivity index (χ4n) is 3.84. The van der Waals surface area contributed by atoms with E-state index in [9.17, 15) is 13.2 Å². The topological polar surface area (TPSA) is 82.6 Å². The molecule has 2 aromatic carbocycles. The summed E-state index contributed by atoms with van der Waals surface area (Å²) < 4.78 is 26.9. The molecular formula is C24H24N4O3S. The van der Waals surface area contributed by atoms with Gasteiger partial charge in [-0.1, -0.05) is 36.3 Å². The first-order valence-electron chi connectivity index (χ1n) is 10.4. The second-order valence-corrected chi connectivity index (χ2v) is 9.38. The summed E-state index contributed by atoms with van der Waals surface area (Å²) in [5, 5.41) is 1.12. The smallest absolute Gasteiger partial charge is 0.253 e. The number of carbonyl (C=O) groups is 1. The van der Waals surface area contributed by atoms with Crippen LogP contribution in [-0.4, -0.2) is 61.8 Å². The molecule has 0 saturated carbocycles. The van der Waals surface area contributed by atoms with E-state index in [-0.39, 0.29) is 17.3 Å². The lowest BCUT2D eigenvalue weighted by Crippen LogP contribution is -2.48. The summed E-state index contributed by atoms with van der Waals surface area (Å²) in [6.45, 7) is 3.28. The molecule has 1 aromatic heterocycles. The Morgan fingerprint density at radius 1 is 1.06 bits per heavy atom. The molecule has 32 heavy (non-hydrogen) atoms. The highest BCUT2D eigenvalue weighted by Crippen LogP contribution is 2.19. The minimum atomic E-state index is -3.75. The van der Waals surface area contributed by atoms with E-state index in [1.807, 2.05) is 12.1 Å². The molecule has 0 radical (unpaired) electrons. The van der Waals surface area contributed by atoms with Gasteiger partial charge in [-0.2, -0.15) is 4.72 Å². The Morgan fingerprint density at radius 2 is 1.81 bits per heavy atom. The van der Waals surface area contributed by atoms with Gasteiger partial charge >= 0.3 is 0 Å². The quantitative estimate of drug-likeness (QED) is 0.584. The zero-order chi connectivity index (χ0) is 22.6. The summed E-state index contributed by atoms with van der Waals surface area (Å²) in [5.74, 6) is 2.06. The van der Waals surface area contributed by atoms with E-state index in [0.29, 0.717) is 18.7 Å². The van der Waals surface area contributed by atoms with Crippen molar-refractivity contribution in [1.82, 2.24) is 19.5 Å². The molecule has 164 valence electrons. The number of hydrogen-bond donors (Lipinski definition) is 1. The summed E-state index contributed by atoms with van der Waals surface area (Å²) in [4.78, 5) is 21.6. The van der Waals surface area contributed by atoms with E-state index in [4.69, 9.17) is 6.42 Å². The number of amides is 1. The van der Waals surface area contributed by atoms with Crippen molar-refractivity contribution in [3.05, 3.63) is 71.9 Å². The van der Waals surface area contributed by atoms with E-state index in [1.54, 1.807) is 23.2 Å². The maximum atomic E-state index is 13.0. The van der Waals surface area contributed by atoms with Crippen LogP contribution in [0.4, 0.5) is 0 Å². The third-order valence-electron chi connectivity index (χ3n) is 5.53. The Kier molecular flexibility index (Phi) is 6.51. The third-order valence-corrected chi connectivity index (χ3v) is 6.92. The highest BCUT2D eigenvalue weighted by Gasteiger charge is 2.24. The summed E-state index contributed by atoms with van der Waals surface area (Å²) in [6, 6.07) is 16.2. The third kappa shape index (κ3) is 4.81. The molecule has 0 spiro atoms. The molecule has 0 unspecified atom stereocenters. The van der Waals surface area contributed by atoms with Crippen LogP contribution in [0.5, 0.6) is 0 Å². The second-order valence-electron chi connectivity index (χ2n) is 7.62. The molecule has 1 amide bonds. The number of fused-ring (bicyclic) bond motifs is 1. The Bertz CT molecular complexity index is 1270. The molecule has 3 aromatic rings. The van der Waals surface area contributed by atoms with Crippen molar-refractivity contribution in [3.63, 3.8) is 0 Å². The number of carbonyl (C=O) groups excluding carboxylic acids is 1. The molecule has 0 atom stereocenters. The predicted molar refractivity (Wildman–Crippen MR) is 123 cm³/mol. The predicted octanol–water partition coefficient (Wildman–Crippen LogP) is 2.10. The van der Waals surface area contributed by atoms with Crippen molar-refractivity contribution in [2.75, 3.05) is 32.7 Å². The molecule has 0 aliphatic carbocycles. The lowest BCUT2D eigenvalue weighted by atomic mass is 10.1. The zero-order valence-corrected chi connectivity index (χ0v) is 18.4. The number of nitrogens with one attached hydrogen (secondary N) is 1. The lowest BCUT2D eigenvalue weighted by Gasteiger charge is -2.35. The molecule has 8 heteroatoms. The largest absolute Gasteiger partial charge is 0.336 e. The van der Waals surface area contributed by atoms with Crippen molar-refractivity contribution in [3.8, 4) is 12.3 Å². The van der Waals surface area contributed by atoms with Crippen molar-refractivity contribution in [2.24, 2.45) is 0 Å². The number of terminal acetylenes is 1. The van der Waals surface area contributed by atoms with Gasteiger partial charge in [0.2, 0.25) is 10.0 Å². The van der Waals surface area contributed by atoms with Crippen LogP contribution < -0.4 is 4.72 Å². The highest BCUT2D eigenvalue weighted by atomic mass is 32.2. The van der Waals surface area contributed by atoms with Gasteiger partial charge in [-0.25, -0.2) is 8.42 Å². The fourth-order valence-corrected chi connectivity index (χ4v) is 4.82. The van der Waals surface area contributed by atoms with Crippen LogP contribution in [0.25, 0.3) is 10.9 Å². The Hall–Kier alpha value is -3.25. The van der Waals surface area contributed by atoms with Gasteiger partial charge in [0.1, 0.15) is 0 Å². The van der Waals surface area contributed by atoms with Gasteiger partial charge in [-0.05, 0) is 29.8 Å². The monoisotopic (exact) mass is 448 g/mol. The van der Waals surface area contributed by atoms with Crippen molar-refractivity contribution in [2.45, 2.75) is 11.4 Å². The van der Waals surface area contributed by atoms with E-state index in [1.165, 1.54) is 17.7 Å². The summed E-state index contributed by atoms with van der Waals surface area (Å²) in [5.41, 5.74) is 2.52. The molecule has 2 heterocycles. The Balaban J connectivity index is 1.41. The number of aromatic nitrogens is 1. The number of hydrogen-bond acceptors (Lipinski definition) is 5. The standard InChI is InChI=1S/C24H24N4O3S/c1-2-11-26-32(30,31)22-10-4-7-20(17-22)24(29)28-15-13-27(14-16-28)18-21-8-3-6-19-9-5-12-25-23(19)21/h1,3-10,12,17,26H,11,13-16,18H2. The zero-order valence-electron chi connectivity index (χ0n) is 17.6. The van der Waals surface area contributed by atoms with Crippen LogP contribution in [0.3, 0.4) is 0 Å². The van der Waals surface area contributed by atoms with Crippen LogP contribution >= 0.6 is 0 Å². The first-order chi connectivity index (χ1) is 15.5. The van der Waals surface area contributed by atoms with Crippen molar-refractivity contribution in [1.29, 1.82) is 0 Å². The molecule has 1 N–H and O–H groups in total. The lowest BCUT2D eigenvalue weighted by molar-refractivity contribution is 0.0628. The van der Waals surface area contributed by atoms with Crippen molar-refractivity contribution >= 4 is 26.8 Å². The maximum absolute atomic E-state index is 13.0. The van der Waals surface area contributed by atoms with Crippen molar-refractivity contribution < 1.29 is 13.2 Å². The number of benzene rings is 2. The van der Waals surface area contributed by atoms with E-state index in [0.717, 1.165) is 30.5 Å². The number of rotatable bonds is 6. The normalized spacial score (nSPS) is 14.9. The summed E-state index contributed by atoms with van der Waals surface area (Å²) in [6.07, 6.45) is 6.94. The molecular weight excluding hydrogens is 424 g/mol. The number of piperazine rings is 1. The van der Waals surface area contributed by atoms with Gasteiger partial charge in [-0.3, -0.25) is 14.7 Å². The van der Waals surface area contributed by atoms with E-state index >= 15 is 0 Å². The van der Waals surface area contributed by atoms with Gasteiger partial charge in [0.25, 0.3) is 5.91 Å². The molecule has 1 aliphatic heterocycles. The molecule has 4 rings (SSSR count). The number of pyridine rings is 1. The average molecular weight is 449 g/mol. The van der Waals surface area contributed by atoms with Gasteiger partial charge < -0.3 is 4.90 Å². The summed E-state index contributed by atoms with van der Waals surface area (Å²) >= 11 is 0.